The summed E-state index contributed by atoms with van der Waals surface area (Å²) in [6.45, 7) is 2.27. The Hall–Kier alpha value is -0.820. The van der Waals surface area contributed by atoms with Gasteiger partial charge in [-0.1, -0.05) is 36.8 Å². The molecule has 1 saturated heterocycles. The molecule has 0 unspecified atom stereocenters. The molecule has 1 aromatic carbocycles. The first-order chi connectivity index (χ1) is 6.36. The molecule has 13 heavy (non-hydrogen) atoms. The fourth-order valence-electron chi connectivity index (χ4n) is 2.09. The van der Waals surface area contributed by atoms with Crippen molar-refractivity contribution < 1.29 is 0 Å². The zero-order valence-electron chi connectivity index (χ0n) is 8.16. The van der Waals surface area contributed by atoms with Crippen LogP contribution in [0.4, 0.5) is 0 Å². The highest BCUT2D eigenvalue weighted by Gasteiger charge is 2.18. The van der Waals surface area contributed by atoms with Crippen molar-refractivity contribution in [2.75, 3.05) is 0 Å². The lowest BCUT2D eigenvalue weighted by molar-refractivity contribution is 0.341. The van der Waals surface area contributed by atoms with Crippen LogP contribution in [0.3, 0.4) is 0 Å². The predicted molar refractivity (Wildman–Crippen MR) is 55.6 cm³/mol. The molecule has 1 fully saturated rings. The van der Waals surface area contributed by atoms with Crippen molar-refractivity contribution in [3.8, 4) is 0 Å². The smallest absolute Gasteiger partial charge is 0.0322 e. The van der Waals surface area contributed by atoms with E-state index in [9.17, 15) is 0 Å². The molecule has 0 radical (unpaired) electrons. The highest BCUT2D eigenvalue weighted by molar-refractivity contribution is 5.19. The lowest BCUT2D eigenvalue weighted by atomic mass is 9.94. The van der Waals surface area contributed by atoms with Gasteiger partial charge in [0.25, 0.3) is 0 Å². The zero-order chi connectivity index (χ0) is 9.10. The second-order valence-corrected chi connectivity index (χ2v) is 3.96. The van der Waals surface area contributed by atoms with Crippen LogP contribution in [0.15, 0.2) is 30.3 Å². The molecular weight excluding hydrogens is 158 g/mol. The van der Waals surface area contributed by atoms with Crippen LogP contribution in [-0.2, 0) is 0 Å². The molecule has 1 N–H and O–H groups in total. The van der Waals surface area contributed by atoms with Crippen LogP contribution in [-0.4, -0.2) is 6.04 Å². The Bertz CT molecular complexity index is 255. The lowest BCUT2D eigenvalue weighted by Gasteiger charge is -2.29. The first-order valence-electron chi connectivity index (χ1n) is 5.17. The summed E-state index contributed by atoms with van der Waals surface area (Å²) < 4.78 is 0. The number of hydrogen-bond donors (Lipinski definition) is 1. The Kier molecular flexibility index (Phi) is 2.65. The van der Waals surface area contributed by atoms with Gasteiger partial charge in [-0.25, -0.2) is 0 Å². The Labute approximate surface area is 80.2 Å². The van der Waals surface area contributed by atoms with Gasteiger partial charge in [0.2, 0.25) is 0 Å². The van der Waals surface area contributed by atoms with E-state index >= 15 is 0 Å². The summed E-state index contributed by atoms with van der Waals surface area (Å²) in [5, 5.41) is 3.63. The highest BCUT2D eigenvalue weighted by atomic mass is 15.0. The molecule has 70 valence electrons. The highest BCUT2D eigenvalue weighted by Crippen LogP contribution is 2.24. The number of hydrogen-bond acceptors (Lipinski definition) is 1. The van der Waals surface area contributed by atoms with E-state index < -0.39 is 0 Å². The SMILES string of the molecule is C[C@@H]1CCC[C@H](c2ccccc2)N1. The van der Waals surface area contributed by atoms with Crippen LogP contribution in [0.5, 0.6) is 0 Å². The molecular formula is C12H17N. The molecule has 0 aromatic heterocycles. The van der Waals surface area contributed by atoms with Crippen molar-refractivity contribution in [2.24, 2.45) is 0 Å². The Morgan fingerprint density at radius 1 is 1.15 bits per heavy atom. The van der Waals surface area contributed by atoms with Crippen molar-refractivity contribution in [2.45, 2.75) is 38.3 Å². The third kappa shape index (κ3) is 2.10. The van der Waals surface area contributed by atoms with E-state index in [1.165, 1.54) is 24.8 Å². The van der Waals surface area contributed by atoms with Gasteiger partial charge in [-0.2, -0.15) is 0 Å². The molecule has 1 aromatic rings. The minimum Gasteiger partial charge on any atom is -0.307 e. The molecule has 1 heterocycles. The van der Waals surface area contributed by atoms with Gasteiger partial charge in [0.05, 0.1) is 0 Å². The zero-order valence-corrected chi connectivity index (χ0v) is 8.16. The van der Waals surface area contributed by atoms with E-state index in [-0.39, 0.29) is 0 Å². The van der Waals surface area contributed by atoms with E-state index in [1.54, 1.807) is 0 Å². The molecule has 1 heteroatoms. The van der Waals surface area contributed by atoms with Crippen LogP contribution < -0.4 is 5.32 Å². The van der Waals surface area contributed by atoms with Gasteiger partial charge < -0.3 is 5.32 Å². The van der Waals surface area contributed by atoms with Crippen LogP contribution in [0.2, 0.25) is 0 Å². The number of nitrogens with one attached hydrogen (secondary N) is 1. The summed E-state index contributed by atoms with van der Waals surface area (Å²) in [6.07, 6.45) is 3.96. The molecule has 2 rings (SSSR count). The summed E-state index contributed by atoms with van der Waals surface area (Å²) in [4.78, 5) is 0. The molecule has 2 atom stereocenters. The first kappa shape index (κ1) is 8.76. The molecule has 0 aliphatic carbocycles. The van der Waals surface area contributed by atoms with Gasteiger partial charge in [0.1, 0.15) is 0 Å². The van der Waals surface area contributed by atoms with Crippen LogP contribution in [0.25, 0.3) is 0 Å². The Morgan fingerprint density at radius 2 is 1.92 bits per heavy atom. The average molecular weight is 175 g/mol. The second-order valence-electron chi connectivity index (χ2n) is 3.96. The van der Waals surface area contributed by atoms with Crippen LogP contribution >= 0.6 is 0 Å². The van der Waals surface area contributed by atoms with Gasteiger partial charge in [-0.15, -0.1) is 0 Å². The summed E-state index contributed by atoms with van der Waals surface area (Å²) in [6, 6.07) is 12.0. The molecule has 0 amide bonds. The maximum Gasteiger partial charge on any atom is 0.0322 e. The largest absolute Gasteiger partial charge is 0.307 e. The van der Waals surface area contributed by atoms with Crippen LogP contribution in [0.1, 0.15) is 37.8 Å². The van der Waals surface area contributed by atoms with Gasteiger partial charge in [0.15, 0.2) is 0 Å². The first-order valence-corrected chi connectivity index (χ1v) is 5.17. The number of rotatable bonds is 1. The minimum absolute atomic E-state index is 0.588. The van der Waals surface area contributed by atoms with E-state index in [0.717, 1.165) is 0 Å². The van der Waals surface area contributed by atoms with E-state index in [1.807, 2.05) is 0 Å². The fraction of sp³-hybridized carbons (Fsp3) is 0.500. The minimum atomic E-state index is 0.588. The van der Waals surface area contributed by atoms with E-state index in [4.69, 9.17) is 0 Å². The van der Waals surface area contributed by atoms with Crippen molar-refractivity contribution in [3.63, 3.8) is 0 Å². The molecule has 0 saturated carbocycles. The van der Waals surface area contributed by atoms with Crippen molar-refractivity contribution in [1.29, 1.82) is 0 Å². The summed E-state index contributed by atoms with van der Waals surface area (Å²) in [5.41, 5.74) is 1.44. The number of benzene rings is 1. The summed E-state index contributed by atoms with van der Waals surface area (Å²) in [7, 11) is 0. The van der Waals surface area contributed by atoms with Crippen molar-refractivity contribution in [3.05, 3.63) is 35.9 Å². The molecule has 0 spiro atoms. The quantitative estimate of drug-likeness (QED) is 0.692. The molecule has 1 nitrogen and oxygen atoms in total. The van der Waals surface area contributed by atoms with E-state index in [0.29, 0.717) is 12.1 Å². The van der Waals surface area contributed by atoms with Gasteiger partial charge in [-0.05, 0) is 25.3 Å². The van der Waals surface area contributed by atoms with Crippen molar-refractivity contribution >= 4 is 0 Å². The third-order valence-electron chi connectivity index (χ3n) is 2.82. The van der Waals surface area contributed by atoms with Crippen molar-refractivity contribution in [1.82, 2.24) is 5.32 Å². The predicted octanol–water partition coefficient (Wildman–Crippen LogP) is 2.89. The Balaban J connectivity index is 2.08. The summed E-state index contributed by atoms with van der Waals surface area (Å²) >= 11 is 0. The Morgan fingerprint density at radius 3 is 2.62 bits per heavy atom. The third-order valence-corrected chi connectivity index (χ3v) is 2.82. The topological polar surface area (TPSA) is 12.0 Å². The molecule has 0 bridgehead atoms. The number of piperidine rings is 1. The standard InChI is InChI=1S/C12H17N/c1-10-6-5-9-12(13-10)11-7-3-2-4-8-11/h2-4,7-8,10,12-13H,5-6,9H2,1H3/t10-,12-/m1/s1. The van der Waals surface area contributed by atoms with Gasteiger partial charge >= 0.3 is 0 Å². The monoisotopic (exact) mass is 175 g/mol. The normalized spacial score (nSPS) is 28.7. The van der Waals surface area contributed by atoms with Gasteiger partial charge in [0, 0.05) is 12.1 Å². The van der Waals surface area contributed by atoms with E-state index in [2.05, 4.69) is 42.6 Å². The molecule has 1 aliphatic rings. The average Bonchev–Trinajstić information content (AvgIpc) is 2.19. The second kappa shape index (κ2) is 3.93. The fourth-order valence-corrected chi connectivity index (χ4v) is 2.09. The summed E-state index contributed by atoms with van der Waals surface area (Å²) in [5.74, 6) is 0. The lowest BCUT2D eigenvalue weighted by Crippen LogP contribution is -2.34. The van der Waals surface area contributed by atoms with Crippen LogP contribution in [0, 0.1) is 0 Å². The van der Waals surface area contributed by atoms with Gasteiger partial charge in [-0.3, -0.25) is 0 Å². The molecule has 1 aliphatic heterocycles. The maximum atomic E-state index is 3.63. The maximum absolute atomic E-state index is 3.63.